The van der Waals surface area contributed by atoms with Crippen molar-refractivity contribution in [3.63, 3.8) is 0 Å². The number of anilines is 1. The summed E-state index contributed by atoms with van der Waals surface area (Å²) in [5.74, 6) is -1.32. The molecule has 2 aromatic rings. The lowest BCUT2D eigenvalue weighted by Gasteiger charge is -2.08. The number of amides is 1. The fourth-order valence-corrected chi connectivity index (χ4v) is 3.28. The van der Waals surface area contributed by atoms with Crippen LogP contribution in [0.25, 0.3) is 6.08 Å². The predicted molar refractivity (Wildman–Crippen MR) is 117 cm³/mol. The standard InChI is InChI=1S/C22H25N3O4S/c1-15-11-17(16(2)25(15)9-10-28-3)12-18(13-23)22(27)29-14-21(26)24-19-5-7-20(30-4)8-6-19/h5-8,11-12H,9-10,14H2,1-4H3,(H,24,26)/b18-12+. The van der Waals surface area contributed by atoms with Crippen molar-refractivity contribution in [3.8, 4) is 6.07 Å². The highest BCUT2D eigenvalue weighted by Crippen LogP contribution is 2.19. The molecule has 7 nitrogen and oxygen atoms in total. The summed E-state index contributed by atoms with van der Waals surface area (Å²) < 4.78 is 12.2. The SMILES string of the molecule is COCCn1c(C)cc(/C=C(\C#N)C(=O)OCC(=O)Nc2ccc(SC)cc2)c1C. The second kappa shape index (κ2) is 11.2. The lowest BCUT2D eigenvalue weighted by atomic mass is 10.1. The molecule has 1 N–H and O–H groups in total. The number of carbonyl (C=O) groups is 2. The first-order chi connectivity index (χ1) is 14.4. The Morgan fingerprint density at radius 1 is 1.27 bits per heavy atom. The van der Waals surface area contributed by atoms with E-state index in [-0.39, 0.29) is 5.57 Å². The maximum atomic E-state index is 12.3. The first kappa shape index (κ1) is 23.3. The molecule has 0 aliphatic carbocycles. The zero-order valence-corrected chi connectivity index (χ0v) is 18.3. The number of carbonyl (C=O) groups excluding carboxylic acids is 2. The minimum absolute atomic E-state index is 0.167. The number of thioether (sulfide) groups is 1. The average Bonchev–Trinajstić information content (AvgIpc) is 3.01. The Morgan fingerprint density at radius 2 is 1.97 bits per heavy atom. The third kappa shape index (κ3) is 6.24. The number of nitriles is 1. The van der Waals surface area contributed by atoms with E-state index >= 15 is 0 Å². The maximum Gasteiger partial charge on any atom is 0.349 e. The Hall–Kier alpha value is -3.02. The number of hydrogen-bond donors (Lipinski definition) is 1. The molecule has 0 aliphatic rings. The van der Waals surface area contributed by atoms with Gasteiger partial charge in [-0.1, -0.05) is 0 Å². The lowest BCUT2D eigenvalue weighted by molar-refractivity contribution is -0.142. The van der Waals surface area contributed by atoms with Crippen molar-refractivity contribution < 1.29 is 19.1 Å². The number of methoxy groups -OCH3 is 1. The second-order valence-corrected chi connectivity index (χ2v) is 7.37. The summed E-state index contributed by atoms with van der Waals surface area (Å²) in [6.07, 6.45) is 3.44. The van der Waals surface area contributed by atoms with Gasteiger partial charge in [0.2, 0.25) is 0 Å². The fourth-order valence-electron chi connectivity index (χ4n) is 2.87. The quantitative estimate of drug-likeness (QED) is 0.285. The minimum Gasteiger partial charge on any atom is -0.451 e. The van der Waals surface area contributed by atoms with E-state index < -0.39 is 18.5 Å². The molecule has 1 aromatic carbocycles. The molecule has 0 aliphatic heterocycles. The van der Waals surface area contributed by atoms with Gasteiger partial charge in [0.15, 0.2) is 6.61 Å². The highest BCUT2D eigenvalue weighted by molar-refractivity contribution is 7.98. The number of aryl methyl sites for hydroxylation is 1. The molecule has 0 unspecified atom stereocenters. The highest BCUT2D eigenvalue weighted by atomic mass is 32.2. The van der Waals surface area contributed by atoms with Crippen molar-refractivity contribution in [2.75, 3.05) is 31.9 Å². The van der Waals surface area contributed by atoms with Crippen LogP contribution in [0, 0.1) is 25.2 Å². The topological polar surface area (TPSA) is 93.3 Å². The lowest BCUT2D eigenvalue weighted by Crippen LogP contribution is -2.21. The molecule has 158 valence electrons. The van der Waals surface area contributed by atoms with Gasteiger partial charge in [0.1, 0.15) is 11.6 Å². The highest BCUT2D eigenvalue weighted by Gasteiger charge is 2.15. The number of ether oxygens (including phenoxy) is 2. The van der Waals surface area contributed by atoms with Crippen LogP contribution in [-0.2, 0) is 25.6 Å². The summed E-state index contributed by atoms with van der Waals surface area (Å²) in [6.45, 7) is 4.61. The molecule has 0 radical (unpaired) electrons. The maximum absolute atomic E-state index is 12.3. The van der Waals surface area contributed by atoms with Gasteiger partial charge in [0.25, 0.3) is 5.91 Å². The van der Waals surface area contributed by atoms with E-state index in [9.17, 15) is 14.9 Å². The summed E-state index contributed by atoms with van der Waals surface area (Å²) in [6, 6.07) is 11.0. The van der Waals surface area contributed by atoms with Crippen LogP contribution in [0.5, 0.6) is 0 Å². The van der Waals surface area contributed by atoms with Crippen molar-refractivity contribution in [1.29, 1.82) is 5.26 Å². The molecule has 8 heteroatoms. The monoisotopic (exact) mass is 427 g/mol. The van der Waals surface area contributed by atoms with Gasteiger partial charge in [-0.15, -0.1) is 11.8 Å². The van der Waals surface area contributed by atoms with Crippen LogP contribution in [0.2, 0.25) is 0 Å². The zero-order valence-electron chi connectivity index (χ0n) is 17.5. The first-order valence-corrected chi connectivity index (χ1v) is 10.5. The Morgan fingerprint density at radius 3 is 2.57 bits per heavy atom. The number of esters is 1. The minimum atomic E-state index is -0.841. The van der Waals surface area contributed by atoms with Crippen molar-refractivity contribution in [1.82, 2.24) is 4.57 Å². The van der Waals surface area contributed by atoms with E-state index in [1.54, 1.807) is 31.0 Å². The molecule has 0 atom stereocenters. The summed E-state index contributed by atoms with van der Waals surface area (Å²) in [5, 5.41) is 12.0. The van der Waals surface area contributed by atoms with Crippen LogP contribution in [0.15, 0.2) is 40.8 Å². The van der Waals surface area contributed by atoms with Crippen molar-refractivity contribution >= 4 is 35.4 Å². The Bertz CT molecular complexity index is 972. The van der Waals surface area contributed by atoms with E-state index in [0.29, 0.717) is 18.8 Å². The van der Waals surface area contributed by atoms with E-state index in [1.807, 2.05) is 48.9 Å². The third-order valence-corrected chi connectivity index (χ3v) is 5.22. The Labute approximate surface area is 180 Å². The van der Waals surface area contributed by atoms with Gasteiger partial charge < -0.3 is 19.4 Å². The van der Waals surface area contributed by atoms with Gasteiger partial charge in [-0.05, 0) is 62.1 Å². The molecule has 1 aromatic heterocycles. The van der Waals surface area contributed by atoms with Crippen LogP contribution < -0.4 is 5.32 Å². The molecule has 0 fully saturated rings. The number of benzene rings is 1. The van der Waals surface area contributed by atoms with Crippen LogP contribution in [0.4, 0.5) is 5.69 Å². The average molecular weight is 428 g/mol. The molecule has 0 bridgehead atoms. The van der Waals surface area contributed by atoms with Crippen molar-refractivity contribution in [3.05, 3.63) is 52.9 Å². The molecule has 0 saturated heterocycles. The Kier molecular flexibility index (Phi) is 8.71. The summed E-state index contributed by atoms with van der Waals surface area (Å²) in [5.41, 5.74) is 3.09. The number of nitrogens with one attached hydrogen (secondary N) is 1. The molecule has 30 heavy (non-hydrogen) atoms. The van der Waals surface area contributed by atoms with Crippen molar-refractivity contribution in [2.45, 2.75) is 25.3 Å². The van der Waals surface area contributed by atoms with Crippen LogP contribution in [0.3, 0.4) is 0 Å². The van der Waals surface area contributed by atoms with E-state index in [4.69, 9.17) is 9.47 Å². The molecule has 1 amide bonds. The fraction of sp³-hybridized carbons (Fsp3) is 0.318. The number of hydrogen-bond acceptors (Lipinski definition) is 6. The van der Waals surface area contributed by atoms with Gasteiger partial charge >= 0.3 is 5.97 Å². The molecule has 0 spiro atoms. The van der Waals surface area contributed by atoms with Crippen molar-refractivity contribution in [2.24, 2.45) is 0 Å². The van der Waals surface area contributed by atoms with Gasteiger partial charge in [-0.3, -0.25) is 4.79 Å². The van der Waals surface area contributed by atoms with E-state index in [1.165, 1.54) is 6.08 Å². The molecule has 1 heterocycles. The van der Waals surface area contributed by atoms with Gasteiger partial charge in [0.05, 0.1) is 6.61 Å². The van der Waals surface area contributed by atoms with Gasteiger partial charge in [-0.25, -0.2) is 4.79 Å². The summed E-state index contributed by atoms with van der Waals surface area (Å²) >= 11 is 1.60. The smallest absolute Gasteiger partial charge is 0.349 e. The number of nitrogens with zero attached hydrogens (tertiary/aromatic N) is 2. The summed E-state index contributed by atoms with van der Waals surface area (Å²) in [4.78, 5) is 25.4. The third-order valence-electron chi connectivity index (χ3n) is 4.48. The molecular formula is C22H25N3O4S. The zero-order chi connectivity index (χ0) is 22.1. The van der Waals surface area contributed by atoms with E-state index in [0.717, 1.165) is 21.8 Å². The predicted octanol–water partition coefficient (Wildman–Crippen LogP) is 3.56. The Balaban J connectivity index is 2.00. The number of aromatic nitrogens is 1. The molecule has 0 saturated carbocycles. The normalized spacial score (nSPS) is 11.1. The van der Waals surface area contributed by atoms with E-state index in [2.05, 4.69) is 5.32 Å². The van der Waals surface area contributed by atoms with Crippen LogP contribution >= 0.6 is 11.8 Å². The largest absolute Gasteiger partial charge is 0.451 e. The van der Waals surface area contributed by atoms with Gasteiger partial charge in [0, 0.05) is 35.6 Å². The van der Waals surface area contributed by atoms with Crippen LogP contribution in [0.1, 0.15) is 17.0 Å². The first-order valence-electron chi connectivity index (χ1n) is 9.28. The van der Waals surface area contributed by atoms with Crippen LogP contribution in [-0.4, -0.2) is 43.0 Å². The summed E-state index contributed by atoms with van der Waals surface area (Å²) in [7, 11) is 1.63. The number of rotatable bonds is 9. The second-order valence-electron chi connectivity index (χ2n) is 6.49. The molecular weight excluding hydrogens is 402 g/mol. The molecule has 2 rings (SSSR count). The van der Waals surface area contributed by atoms with Gasteiger partial charge in [-0.2, -0.15) is 5.26 Å².